The first kappa shape index (κ1) is 18.0. The van der Waals surface area contributed by atoms with Crippen molar-refractivity contribution in [1.29, 1.82) is 0 Å². The van der Waals surface area contributed by atoms with E-state index >= 15 is 0 Å². The van der Waals surface area contributed by atoms with E-state index in [-0.39, 0.29) is 23.6 Å². The number of ether oxygens (including phenoxy) is 1. The van der Waals surface area contributed by atoms with Gasteiger partial charge in [0.15, 0.2) is 0 Å². The number of hydrogen-bond acceptors (Lipinski definition) is 5. The van der Waals surface area contributed by atoms with Crippen LogP contribution in [0.15, 0.2) is 29.1 Å². The van der Waals surface area contributed by atoms with Gasteiger partial charge in [-0.3, -0.25) is 4.79 Å². The number of benzene rings is 1. The highest BCUT2D eigenvalue weighted by Gasteiger charge is 2.19. The largest absolute Gasteiger partial charge is 0.462 e. The maximum absolute atomic E-state index is 13.5. The number of H-pyrrole nitrogens is 1. The number of hydrogen-bond donors (Lipinski definition) is 1. The normalized spacial score (nSPS) is 11.8. The van der Waals surface area contributed by atoms with Gasteiger partial charge in [0.25, 0.3) is 5.56 Å². The molecule has 0 saturated carbocycles. The zero-order chi connectivity index (χ0) is 18.8. The van der Waals surface area contributed by atoms with Gasteiger partial charge >= 0.3 is 5.97 Å². The van der Waals surface area contributed by atoms with E-state index in [4.69, 9.17) is 4.74 Å². The maximum Gasteiger partial charge on any atom is 0.341 e. The third-order valence-corrected chi connectivity index (χ3v) is 5.05. The van der Waals surface area contributed by atoms with Crippen molar-refractivity contribution < 1.29 is 13.9 Å². The first-order valence-electron chi connectivity index (χ1n) is 8.05. The van der Waals surface area contributed by atoms with Crippen molar-refractivity contribution in [3.63, 3.8) is 0 Å². The number of halogens is 1. The van der Waals surface area contributed by atoms with Crippen molar-refractivity contribution in [2.75, 3.05) is 6.61 Å². The minimum atomic E-state index is -0.635. The molecule has 0 bridgehead atoms. The lowest BCUT2D eigenvalue weighted by atomic mass is 10.1. The summed E-state index contributed by atoms with van der Waals surface area (Å²) in [6, 6.07) is 5.79. The fourth-order valence-electron chi connectivity index (χ4n) is 2.58. The van der Waals surface area contributed by atoms with Crippen molar-refractivity contribution in [3.8, 4) is 0 Å². The molecule has 3 rings (SSSR count). The van der Waals surface area contributed by atoms with Gasteiger partial charge in [0.2, 0.25) is 0 Å². The molecule has 0 amide bonds. The molecule has 0 atom stereocenters. The molecule has 0 aliphatic heterocycles. The molecule has 1 aromatic carbocycles. The van der Waals surface area contributed by atoms with Crippen LogP contribution in [0.2, 0.25) is 0 Å². The lowest BCUT2D eigenvalue weighted by Gasteiger charge is -2.07. The van der Waals surface area contributed by atoms with Crippen LogP contribution in [-0.4, -0.2) is 22.5 Å². The van der Waals surface area contributed by atoms with Crippen molar-refractivity contribution >= 4 is 39.2 Å². The zero-order valence-electron chi connectivity index (χ0n) is 14.6. The van der Waals surface area contributed by atoms with E-state index in [1.807, 2.05) is 13.8 Å². The SMILES string of the molecule is CCOC(=O)C(=Cc1cccc(F)c1)c1nc2sc(C)c(C)c2c(=O)[nH]1. The maximum atomic E-state index is 13.5. The number of aromatic amines is 1. The highest BCUT2D eigenvalue weighted by Crippen LogP contribution is 2.27. The van der Waals surface area contributed by atoms with Crippen LogP contribution < -0.4 is 5.56 Å². The fraction of sp³-hybridized carbons (Fsp3) is 0.211. The highest BCUT2D eigenvalue weighted by atomic mass is 32.1. The standard InChI is InChI=1S/C19H17FN2O3S/c1-4-25-19(24)14(9-12-6-5-7-13(20)8-12)16-21-17(23)15-10(2)11(3)26-18(15)22-16/h5-9H,4H2,1-3H3,(H,21,22,23). The topological polar surface area (TPSA) is 72.0 Å². The Hall–Kier alpha value is -2.80. The average molecular weight is 372 g/mol. The molecule has 0 radical (unpaired) electrons. The number of nitrogens with zero attached hydrogens (tertiary/aromatic N) is 1. The van der Waals surface area contributed by atoms with E-state index in [2.05, 4.69) is 9.97 Å². The van der Waals surface area contributed by atoms with E-state index in [0.29, 0.717) is 15.8 Å². The van der Waals surface area contributed by atoms with Crippen LogP contribution >= 0.6 is 11.3 Å². The van der Waals surface area contributed by atoms with E-state index in [1.165, 1.54) is 35.6 Å². The smallest absolute Gasteiger partial charge is 0.341 e. The summed E-state index contributed by atoms with van der Waals surface area (Å²) in [4.78, 5) is 33.5. The number of rotatable bonds is 4. The minimum absolute atomic E-state index is 0.0696. The van der Waals surface area contributed by atoms with Crippen LogP contribution in [0.5, 0.6) is 0 Å². The molecule has 0 aliphatic rings. The van der Waals surface area contributed by atoms with Gasteiger partial charge in [-0.1, -0.05) is 12.1 Å². The molecule has 26 heavy (non-hydrogen) atoms. The number of carbonyl (C=O) groups is 1. The number of carbonyl (C=O) groups excluding carboxylic acids is 1. The molecule has 134 valence electrons. The van der Waals surface area contributed by atoms with Gasteiger partial charge in [-0.05, 0) is 50.1 Å². The van der Waals surface area contributed by atoms with Crippen LogP contribution in [0.25, 0.3) is 21.9 Å². The number of aromatic nitrogens is 2. The van der Waals surface area contributed by atoms with Gasteiger partial charge in [0.05, 0.1) is 12.0 Å². The number of aryl methyl sites for hydroxylation is 2. The number of nitrogens with one attached hydrogen (secondary N) is 1. The second kappa shape index (κ2) is 7.21. The summed E-state index contributed by atoms with van der Waals surface area (Å²) < 4.78 is 18.6. The van der Waals surface area contributed by atoms with Crippen molar-refractivity contribution in [2.45, 2.75) is 20.8 Å². The molecule has 2 heterocycles. The Morgan fingerprint density at radius 1 is 1.38 bits per heavy atom. The van der Waals surface area contributed by atoms with Gasteiger partial charge in [-0.25, -0.2) is 14.2 Å². The Morgan fingerprint density at radius 3 is 2.85 bits per heavy atom. The van der Waals surface area contributed by atoms with Gasteiger partial charge < -0.3 is 9.72 Å². The van der Waals surface area contributed by atoms with Gasteiger partial charge in [0, 0.05) is 4.88 Å². The van der Waals surface area contributed by atoms with E-state index in [0.717, 1.165) is 10.4 Å². The molecular formula is C19H17FN2O3S. The summed E-state index contributed by atoms with van der Waals surface area (Å²) in [5.74, 6) is -0.959. The Morgan fingerprint density at radius 2 is 2.15 bits per heavy atom. The van der Waals surface area contributed by atoms with E-state index in [1.54, 1.807) is 13.0 Å². The van der Waals surface area contributed by atoms with Gasteiger partial charge in [0.1, 0.15) is 22.0 Å². The van der Waals surface area contributed by atoms with Crippen molar-refractivity contribution in [1.82, 2.24) is 9.97 Å². The summed E-state index contributed by atoms with van der Waals surface area (Å²) in [7, 11) is 0. The van der Waals surface area contributed by atoms with E-state index < -0.39 is 11.8 Å². The predicted octanol–water partition coefficient (Wildman–Crippen LogP) is 3.84. The molecule has 3 aromatic rings. The monoisotopic (exact) mass is 372 g/mol. The van der Waals surface area contributed by atoms with E-state index in [9.17, 15) is 14.0 Å². The Balaban J connectivity index is 2.20. The average Bonchev–Trinajstić information content (AvgIpc) is 2.87. The van der Waals surface area contributed by atoms with Crippen LogP contribution in [0.1, 0.15) is 28.8 Å². The Bertz CT molecular complexity index is 1080. The first-order chi connectivity index (χ1) is 12.4. The Kier molecular flexibility index (Phi) is 4.99. The molecular weight excluding hydrogens is 355 g/mol. The number of esters is 1. The van der Waals surface area contributed by atoms with Crippen LogP contribution in [0, 0.1) is 19.7 Å². The second-order valence-electron chi connectivity index (χ2n) is 5.71. The van der Waals surface area contributed by atoms with Crippen molar-refractivity contribution in [2.24, 2.45) is 0 Å². The number of fused-ring (bicyclic) bond motifs is 1. The molecule has 1 N–H and O–H groups in total. The summed E-state index contributed by atoms with van der Waals surface area (Å²) in [6.07, 6.45) is 1.46. The molecule has 0 saturated heterocycles. The molecule has 0 aliphatic carbocycles. The fourth-order valence-corrected chi connectivity index (χ4v) is 3.61. The van der Waals surface area contributed by atoms with Crippen molar-refractivity contribution in [3.05, 3.63) is 62.3 Å². The molecule has 0 unspecified atom stereocenters. The van der Waals surface area contributed by atoms with Crippen LogP contribution in [0.4, 0.5) is 4.39 Å². The molecule has 0 fully saturated rings. The number of thiophene rings is 1. The zero-order valence-corrected chi connectivity index (χ0v) is 15.4. The molecule has 0 spiro atoms. The summed E-state index contributed by atoms with van der Waals surface area (Å²) in [5, 5.41) is 0.519. The second-order valence-corrected chi connectivity index (χ2v) is 6.91. The quantitative estimate of drug-likeness (QED) is 0.558. The highest BCUT2D eigenvalue weighted by molar-refractivity contribution is 7.18. The minimum Gasteiger partial charge on any atom is -0.462 e. The lowest BCUT2D eigenvalue weighted by Crippen LogP contribution is -2.15. The summed E-state index contributed by atoms with van der Waals surface area (Å²) >= 11 is 1.39. The summed E-state index contributed by atoms with van der Waals surface area (Å²) in [5.41, 5.74) is 1.09. The molecule has 7 heteroatoms. The van der Waals surface area contributed by atoms with Gasteiger partial charge in [-0.15, -0.1) is 11.3 Å². The third kappa shape index (κ3) is 3.43. The lowest BCUT2D eigenvalue weighted by molar-refractivity contribution is -0.136. The molecule has 2 aromatic heterocycles. The Labute approximate surface area is 153 Å². The predicted molar refractivity (Wildman–Crippen MR) is 101 cm³/mol. The van der Waals surface area contributed by atoms with Gasteiger partial charge in [-0.2, -0.15) is 0 Å². The molecule has 5 nitrogen and oxygen atoms in total. The third-order valence-electron chi connectivity index (χ3n) is 3.95. The van der Waals surface area contributed by atoms with Crippen LogP contribution in [-0.2, 0) is 9.53 Å². The summed E-state index contributed by atoms with van der Waals surface area (Å²) in [6.45, 7) is 5.63. The first-order valence-corrected chi connectivity index (χ1v) is 8.87. The van der Waals surface area contributed by atoms with Crippen LogP contribution in [0.3, 0.4) is 0 Å².